The number of hydrogen-bond donors (Lipinski definition) is 3. The van der Waals surface area contributed by atoms with Crippen molar-refractivity contribution in [1.82, 2.24) is 9.80 Å². The van der Waals surface area contributed by atoms with Crippen LogP contribution >= 0.6 is 0 Å². The van der Waals surface area contributed by atoms with Crippen LogP contribution in [0.5, 0.6) is 11.5 Å². The molecule has 40 heavy (non-hydrogen) atoms. The number of aliphatic carboxylic acids is 2. The molecule has 14 heteroatoms. The van der Waals surface area contributed by atoms with Gasteiger partial charge in [0.1, 0.15) is 6.54 Å². The minimum atomic E-state index is -1.82. The summed E-state index contributed by atoms with van der Waals surface area (Å²) in [5, 5.41) is 28.5. The van der Waals surface area contributed by atoms with Crippen molar-refractivity contribution in [2.45, 2.75) is 20.3 Å². The summed E-state index contributed by atoms with van der Waals surface area (Å²) >= 11 is 0. The van der Waals surface area contributed by atoms with Crippen molar-refractivity contribution in [3.8, 4) is 11.5 Å². The van der Waals surface area contributed by atoms with E-state index >= 15 is 0 Å². The molecule has 3 N–H and O–H groups in total. The second-order valence-corrected chi connectivity index (χ2v) is 8.14. The molecule has 14 nitrogen and oxygen atoms in total. The molecule has 0 atom stereocenters. The summed E-state index contributed by atoms with van der Waals surface area (Å²) in [5.41, 5.74) is 0.691. The zero-order chi connectivity index (χ0) is 30.2. The predicted octanol–water partition coefficient (Wildman–Crippen LogP) is 2.58. The van der Waals surface area contributed by atoms with Crippen LogP contribution in [0.4, 0.5) is 11.4 Å². The van der Waals surface area contributed by atoms with Crippen molar-refractivity contribution in [3.05, 3.63) is 58.1 Å². The Bertz CT molecular complexity index is 1150. The number of nitrogens with zero attached hydrogens (tertiary/aromatic N) is 3. The lowest BCUT2D eigenvalue weighted by atomic mass is 10.1. The van der Waals surface area contributed by atoms with Crippen LogP contribution in [0.2, 0.25) is 0 Å². The number of nitro groups is 1. The Morgan fingerprint density at radius 3 is 1.95 bits per heavy atom. The third-order valence-corrected chi connectivity index (χ3v) is 5.59. The fourth-order valence-electron chi connectivity index (χ4n) is 3.47. The molecular weight excluding hydrogens is 528 g/mol. The van der Waals surface area contributed by atoms with Gasteiger partial charge in [-0.1, -0.05) is 13.8 Å². The highest BCUT2D eigenvalue weighted by molar-refractivity contribution is 6.27. The van der Waals surface area contributed by atoms with Gasteiger partial charge >= 0.3 is 11.9 Å². The second-order valence-electron chi connectivity index (χ2n) is 8.14. The fourth-order valence-corrected chi connectivity index (χ4v) is 3.47. The van der Waals surface area contributed by atoms with E-state index in [1.807, 2.05) is 0 Å². The van der Waals surface area contributed by atoms with Gasteiger partial charge in [-0.25, -0.2) is 9.59 Å². The van der Waals surface area contributed by atoms with Gasteiger partial charge in [-0.3, -0.25) is 19.7 Å². The molecule has 2 rings (SSSR count). The summed E-state index contributed by atoms with van der Waals surface area (Å²) < 4.78 is 10.5. The standard InChI is InChI=1S/C24H32N4O6.C2H2O4/c1-5-26(6-2)14-7-15-27(24(30)18-8-11-20(12-9-18)28(31)32)17-23(29)25-19-10-13-21(33-3)22(16-19)34-4;3-1(4)2(5)6/h8-13,16H,5-7,14-15,17H2,1-4H3,(H,25,29);(H,3,4)(H,5,6). The van der Waals surface area contributed by atoms with Crippen LogP contribution in [0, 0.1) is 10.1 Å². The van der Waals surface area contributed by atoms with Gasteiger partial charge in [-0.2, -0.15) is 0 Å². The van der Waals surface area contributed by atoms with Gasteiger partial charge in [0.05, 0.1) is 19.1 Å². The number of nitrogens with one attached hydrogen (secondary N) is 1. The van der Waals surface area contributed by atoms with Crippen LogP contribution in [0.1, 0.15) is 30.6 Å². The zero-order valence-electron chi connectivity index (χ0n) is 22.8. The Morgan fingerprint density at radius 2 is 1.48 bits per heavy atom. The largest absolute Gasteiger partial charge is 0.493 e. The van der Waals surface area contributed by atoms with E-state index in [0.717, 1.165) is 19.6 Å². The molecule has 0 unspecified atom stereocenters. The summed E-state index contributed by atoms with van der Waals surface area (Å²) in [5.74, 6) is -3.38. The maximum absolute atomic E-state index is 13.1. The van der Waals surface area contributed by atoms with E-state index in [1.54, 1.807) is 18.2 Å². The van der Waals surface area contributed by atoms with Gasteiger partial charge in [-0.05, 0) is 50.3 Å². The Kier molecular flexibility index (Phi) is 14.1. The molecule has 2 aromatic carbocycles. The highest BCUT2D eigenvalue weighted by atomic mass is 16.6. The molecule has 0 fully saturated rings. The van der Waals surface area contributed by atoms with E-state index in [-0.39, 0.29) is 29.6 Å². The van der Waals surface area contributed by atoms with Crippen molar-refractivity contribution in [2.75, 3.05) is 52.3 Å². The average molecular weight is 563 g/mol. The van der Waals surface area contributed by atoms with Crippen molar-refractivity contribution < 1.29 is 43.8 Å². The second kappa shape index (κ2) is 17.0. The third kappa shape index (κ3) is 10.9. The van der Waals surface area contributed by atoms with Gasteiger partial charge in [-0.15, -0.1) is 0 Å². The highest BCUT2D eigenvalue weighted by Crippen LogP contribution is 2.29. The Hall–Kier alpha value is -4.72. The predicted molar refractivity (Wildman–Crippen MR) is 145 cm³/mol. The molecular formula is C26H34N4O10. The van der Waals surface area contributed by atoms with E-state index in [0.29, 0.717) is 30.2 Å². The third-order valence-electron chi connectivity index (χ3n) is 5.59. The number of amides is 2. The maximum Gasteiger partial charge on any atom is 0.414 e. The van der Waals surface area contributed by atoms with E-state index in [9.17, 15) is 19.7 Å². The van der Waals surface area contributed by atoms with Gasteiger partial charge in [0.2, 0.25) is 5.91 Å². The molecule has 0 saturated carbocycles. The quantitative estimate of drug-likeness (QED) is 0.185. The molecule has 2 amide bonds. The number of carboxylic acid groups (broad SMARTS) is 2. The minimum absolute atomic E-state index is 0.101. The zero-order valence-corrected chi connectivity index (χ0v) is 22.8. The molecule has 0 bridgehead atoms. The molecule has 0 heterocycles. The smallest absolute Gasteiger partial charge is 0.414 e. The number of carbonyl (C=O) groups excluding carboxylic acids is 2. The van der Waals surface area contributed by atoms with E-state index in [1.165, 1.54) is 43.4 Å². The summed E-state index contributed by atoms with van der Waals surface area (Å²) in [6, 6.07) is 10.4. The lowest BCUT2D eigenvalue weighted by molar-refractivity contribution is -0.384. The molecule has 0 radical (unpaired) electrons. The topological polar surface area (TPSA) is 189 Å². The Balaban J connectivity index is 0.00000120. The molecule has 0 spiro atoms. The summed E-state index contributed by atoms with van der Waals surface area (Å²) in [6.07, 6.45) is 0.685. The highest BCUT2D eigenvalue weighted by Gasteiger charge is 2.20. The number of non-ortho nitro benzene ring substituents is 1. The van der Waals surface area contributed by atoms with Crippen LogP contribution < -0.4 is 14.8 Å². The van der Waals surface area contributed by atoms with E-state index < -0.39 is 16.9 Å². The first-order chi connectivity index (χ1) is 19.0. The van der Waals surface area contributed by atoms with Gasteiger partial charge in [0.15, 0.2) is 11.5 Å². The molecule has 0 saturated heterocycles. The number of rotatable bonds is 13. The number of anilines is 1. The Labute approximate surface area is 231 Å². The first-order valence-corrected chi connectivity index (χ1v) is 12.2. The Morgan fingerprint density at radius 1 is 0.900 bits per heavy atom. The van der Waals surface area contributed by atoms with Crippen molar-refractivity contribution in [2.24, 2.45) is 0 Å². The normalized spacial score (nSPS) is 10.1. The first kappa shape index (κ1) is 33.3. The van der Waals surface area contributed by atoms with Gasteiger partial charge in [0, 0.05) is 36.0 Å². The van der Waals surface area contributed by atoms with Crippen LogP contribution in [-0.2, 0) is 14.4 Å². The van der Waals surface area contributed by atoms with Crippen LogP contribution in [0.25, 0.3) is 0 Å². The van der Waals surface area contributed by atoms with Gasteiger partial charge in [0.25, 0.3) is 11.6 Å². The first-order valence-electron chi connectivity index (χ1n) is 12.2. The van der Waals surface area contributed by atoms with Crippen molar-refractivity contribution in [1.29, 1.82) is 0 Å². The number of carbonyl (C=O) groups is 4. The molecule has 2 aromatic rings. The average Bonchev–Trinajstić information content (AvgIpc) is 2.94. The number of ether oxygens (including phenoxy) is 2. The maximum atomic E-state index is 13.1. The number of benzene rings is 2. The SMILES string of the molecule is CCN(CC)CCCN(CC(=O)Nc1ccc(OC)c(OC)c1)C(=O)c1ccc([N+](=O)[O-])cc1.O=C(O)C(=O)O. The molecule has 218 valence electrons. The summed E-state index contributed by atoms with van der Waals surface area (Å²) in [7, 11) is 3.03. The van der Waals surface area contributed by atoms with E-state index in [4.69, 9.17) is 29.3 Å². The number of methoxy groups -OCH3 is 2. The summed E-state index contributed by atoms with van der Waals surface area (Å²) in [4.78, 5) is 58.2. The molecule has 0 aliphatic carbocycles. The van der Waals surface area contributed by atoms with Gasteiger partial charge < -0.3 is 34.8 Å². The lowest BCUT2D eigenvalue weighted by Crippen LogP contribution is -2.39. The molecule has 0 aliphatic rings. The monoisotopic (exact) mass is 562 g/mol. The van der Waals surface area contributed by atoms with Crippen LogP contribution in [0.3, 0.4) is 0 Å². The fraction of sp³-hybridized carbons (Fsp3) is 0.385. The minimum Gasteiger partial charge on any atom is -0.493 e. The number of hydrogen-bond acceptors (Lipinski definition) is 9. The van der Waals surface area contributed by atoms with Crippen molar-refractivity contribution in [3.63, 3.8) is 0 Å². The van der Waals surface area contributed by atoms with Crippen LogP contribution in [-0.4, -0.2) is 95.6 Å². The lowest BCUT2D eigenvalue weighted by Gasteiger charge is -2.24. The molecule has 0 aromatic heterocycles. The molecule has 0 aliphatic heterocycles. The number of nitro benzene ring substituents is 1. The number of carboxylic acids is 2. The van der Waals surface area contributed by atoms with Crippen LogP contribution in [0.15, 0.2) is 42.5 Å². The summed E-state index contributed by atoms with van der Waals surface area (Å²) in [6.45, 7) is 6.92. The van der Waals surface area contributed by atoms with E-state index in [2.05, 4.69) is 24.1 Å². The van der Waals surface area contributed by atoms with Crippen molar-refractivity contribution >= 4 is 35.1 Å².